The lowest BCUT2D eigenvalue weighted by Crippen LogP contribution is -2.09. The second-order valence-electron chi connectivity index (χ2n) is 4.09. The zero-order valence-corrected chi connectivity index (χ0v) is 9.60. The van der Waals surface area contributed by atoms with E-state index in [0.717, 1.165) is 5.56 Å². The van der Waals surface area contributed by atoms with Crippen molar-refractivity contribution < 1.29 is 5.11 Å². The minimum atomic E-state index is -0.677. The molecule has 1 fully saturated rings. The molecule has 76 valence electrons. The quantitative estimate of drug-likeness (QED) is 0.733. The molecule has 0 amide bonds. The number of benzene rings is 1. The predicted octanol–water partition coefficient (Wildman–Crippen LogP) is 3.47. The molecule has 2 rings (SSSR count). The number of hydrogen-bond acceptors (Lipinski definition) is 1. The summed E-state index contributed by atoms with van der Waals surface area (Å²) in [5.74, 6) is 0.503. The summed E-state index contributed by atoms with van der Waals surface area (Å²) in [6, 6.07) is 7.07. The van der Waals surface area contributed by atoms with Crippen molar-refractivity contribution in [2.45, 2.75) is 23.6 Å². The van der Waals surface area contributed by atoms with E-state index in [4.69, 9.17) is 23.2 Å². The van der Waals surface area contributed by atoms with Crippen LogP contribution in [0.3, 0.4) is 0 Å². The number of halogens is 2. The molecule has 1 aliphatic rings. The van der Waals surface area contributed by atoms with Crippen molar-refractivity contribution in [3.05, 3.63) is 29.8 Å². The fourth-order valence-corrected chi connectivity index (χ4v) is 2.86. The van der Waals surface area contributed by atoms with Gasteiger partial charge < -0.3 is 5.11 Å². The molecule has 2 unspecified atom stereocenters. The number of alkyl halides is 2. The number of rotatable bonds is 1. The van der Waals surface area contributed by atoms with Crippen LogP contribution in [0, 0.1) is 5.92 Å². The van der Waals surface area contributed by atoms with Crippen LogP contribution in [0.5, 0.6) is 5.75 Å². The molecule has 14 heavy (non-hydrogen) atoms. The van der Waals surface area contributed by atoms with Crippen LogP contribution in [0.1, 0.15) is 19.4 Å². The molecular formula is C11H12Cl2O. The van der Waals surface area contributed by atoms with Gasteiger partial charge in [-0.2, -0.15) is 0 Å². The van der Waals surface area contributed by atoms with Gasteiger partial charge in [0.05, 0.1) is 0 Å². The third kappa shape index (κ3) is 1.09. The lowest BCUT2D eigenvalue weighted by molar-refractivity contribution is 0.474. The van der Waals surface area contributed by atoms with Gasteiger partial charge in [-0.15, -0.1) is 23.2 Å². The van der Waals surface area contributed by atoms with Gasteiger partial charge in [0.25, 0.3) is 0 Å². The fourth-order valence-electron chi connectivity index (χ4n) is 1.99. The zero-order valence-electron chi connectivity index (χ0n) is 8.09. The van der Waals surface area contributed by atoms with E-state index >= 15 is 0 Å². The summed E-state index contributed by atoms with van der Waals surface area (Å²) in [6.45, 7) is 4.08. The van der Waals surface area contributed by atoms with Crippen molar-refractivity contribution in [3.63, 3.8) is 0 Å². The van der Waals surface area contributed by atoms with Gasteiger partial charge in [0.15, 0.2) is 0 Å². The van der Waals surface area contributed by atoms with Gasteiger partial charge in [0.1, 0.15) is 10.1 Å². The lowest BCUT2D eigenvalue weighted by Gasteiger charge is -2.12. The molecule has 1 saturated carbocycles. The minimum absolute atomic E-state index is 0.191. The van der Waals surface area contributed by atoms with Crippen LogP contribution in [0.4, 0.5) is 0 Å². The first-order valence-corrected chi connectivity index (χ1v) is 5.33. The summed E-state index contributed by atoms with van der Waals surface area (Å²) < 4.78 is -0.677. The molecule has 0 heterocycles. The van der Waals surface area contributed by atoms with Gasteiger partial charge in [-0.25, -0.2) is 0 Å². The van der Waals surface area contributed by atoms with Crippen molar-refractivity contribution in [1.29, 1.82) is 0 Å². The maximum Gasteiger partial charge on any atom is 0.131 e. The summed E-state index contributed by atoms with van der Waals surface area (Å²) in [4.78, 5) is 0. The molecule has 3 heteroatoms. The van der Waals surface area contributed by atoms with Crippen molar-refractivity contribution in [3.8, 4) is 5.75 Å². The Bertz CT molecular complexity index is 358. The minimum Gasteiger partial charge on any atom is -0.508 e. The summed E-state index contributed by atoms with van der Waals surface area (Å²) in [6.07, 6.45) is 0. The first-order chi connectivity index (χ1) is 6.40. The topological polar surface area (TPSA) is 20.2 Å². The van der Waals surface area contributed by atoms with E-state index < -0.39 is 4.33 Å². The first-order valence-electron chi connectivity index (χ1n) is 4.58. The second kappa shape index (κ2) is 2.80. The van der Waals surface area contributed by atoms with Crippen molar-refractivity contribution in [2.75, 3.05) is 0 Å². The van der Waals surface area contributed by atoms with Gasteiger partial charge in [0, 0.05) is 11.3 Å². The monoisotopic (exact) mass is 230 g/mol. The number of hydrogen-bond donors (Lipinski definition) is 1. The molecule has 0 saturated heterocycles. The van der Waals surface area contributed by atoms with E-state index in [1.54, 1.807) is 12.1 Å². The highest BCUT2D eigenvalue weighted by Gasteiger charge is 2.71. The van der Waals surface area contributed by atoms with Crippen LogP contribution in [-0.4, -0.2) is 9.44 Å². The van der Waals surface area contributed by atoms with E-state index in [1.807, 2.05) is 26.0 Å². The maximum atomic E-state index is 9.17. The molecule has 2 atom stereocenters. The molecule has 0 aromatic heterocycles. The van der Waals surface area contributed by atoms with Gasteiger partial charge in [-0.1, -0.05) is 26.0 Å². The van der Waals surface area contributed by atoms with Crippen LogP contribution in [0.15, 0.2) is 24.3 Å². The summed E-state index contributed by atoms with van der Waals surface area (Å²) in [5, 5.41) is 9.17. The Morgan fingerprint density at radius 1 is 1.21 bits per heavy atom. The van der Waals surface area contributed by atoms with E-state index in [-0.39, 0.29) is 17.1 Å². The summed E-state index contributed by atoms with van der Waals surface area (Å²) in [7, 11) is 0. The molecule has 0 aliphatic heterocycles. The highest BCUT2D eigenvalue weighted by atomic mass is 35.5. The van der Waals surface area contributed by atoms with Gasteiger partial charge in [-0.05, 0) is 17.7 Å². The molecule has 0 spiro atoms. The lowest BCUT2D eigenvalue weighted by atomic mass is 9.96. The number of aromatic hydroxyl groups is 1. The predicted molar refractivity (Wildman–Crippen MR) is 59.1 cm³/mol. The van der Waals surface area contributed by atoms with Gasteiger partial charge in [0.2, 0.25) is 0 Å². The SMILES string of the molecule is CC1C(Cl)(Cl)C1(C)c1ccc(O)cc1. The molecule has 1 aliphatic carbocycles. The Morgan fingerprint density at radius 2 is 1.64 bits per heavy atom. The Hall–Kier alpha value is -0.400. The Kier molecular flexibility index (Phi) is 2.03. The highest BCUT2D eigenvalue weighted by Crippen LogP contribution is 2.69. The van der Waals surface area contributed by atoms with Crippen molar-refractivity contribution in [1.82, 2.24) is 0 Å². The van der Waals surface area contributed by atoms with E-state index in [9.17, 15) is 5.11 Å². The Morgan fingerprint density at radius 3 is 2.00 bits per heavy atom. The summed E-state index contributed by atoms with van der Waals surface area (Å²) >= 11 is 12.4. The highest BCUT2D eigenvalue weighted by molar-refractivity contribution is 6.52. The fraction of sp³-hybridized carbons (Fsp3) is 0.455. The zero-order chi connectivity index (χ0) is 10.6. The molecule has 1 N–H and O–H groups in total. The third-order valence-electron chi connectivity index (χ3n) is 3.49. The van der Waals surface area contributed by atoms with Crippen LogP contribution >= 0.6 is 23.2 Å². The van der Waals surface area contributed by atoms with Gasteiger partial charge in [-0.3, -0.25) is 0 Å². The van der Waals surface area contributed by atoms with Crippen molar-refractivity contribution >= 4 is 23.2 Å². The van der Waals surface area contributed by atoms with E-state index in [1.165, 1.54) is 0 Å². The maximum absolute atomic E-state index is 9.17. The summed E-state index contributed by atoms with van der Waals surface area (Å²) in [5.41, 5.74) is 0.886. The Balaban J connectivity index is 2.38. The molecule has 0 radical (unpaired) electrons. The third-order valence-corrected chi connectivity index (χ3v) is 4.93. The van der Waals surface area contributed by atoms with Crippen LogP contribution in [0.2, 0.25) is 0 Å². The first kappa shape index (κ1) is 10.1. The van der Waals surface area contributed by atoms with E-state index in [0.29, 0.717) is 0 Å². The molecule has 1 nitrogen and oxygen atoms in total. The van der Waals surface area contributed by atoms with Crippen LogP contribution in [0.25, 0.3) is 0 Å². The van der Waals surface area contributed by atoms with Gasteiger partial charge >= 0.3 is 0 Å². The Labute approximate surface area is 93.7 Å². The molecule has 1 aromatic rings. The van der Waals surface area contributed by atoms with Crippen LogP contribution < -0.4 is 0 Å². The normalized spacial score (nSPS) is 34.1. The standard InChI is InChI=1S/C11H12Cl2O/c1-7-10(2,11(7,12)13)8-3-5-9(14)6-4-8/h3-7,14H,1-2H3. The van der Waals surface area contributed by atoms with Crippen molar-refractivity contribution in [2.24, 2.45) is 5.92 Å². The number of phenolic OH excluding ortho intramolecular Hbond substituents is 1. The van der Waals surface area contributed by atoms with Crippen LogP contribution in [-0.2, 0) is 5.41 Å². The van der Waals surface area contributed by atoms with E-state index in [2.05, 4.69) is 0 Å². The number of phenols is 1. The average Bonchev–Trinajstić information content (AvgIpc) is 2.52. The molecular weight excluding hydrogens is 219 g/mol. The largest absolute Gasteiger partial charge is 0.508 e. The second-order valence-corrected chi connectivity index (χ2v) is 5.48. The molecule has 0 bridgehead atoms. The average molecular weight is 231 g/mol. The molecule has 1 aromatic carbocycles. The smallest absolute Gasteiger partial charge is 0.131 e.